The third-order valence-electron chi connectivity index (χ3n) is 4.34. The van der Waals surface area contributed by atoms with E-state index in [9.17, 15) is 9.59 Å². The van der Waals surface area contributed by atoms with Gasteiger partial charge in [0.1, 0.15) is 11.8 Å². The van der Waals surface area contributed by atoms with Gasteiger partial charge in [-0.05, 0) is 43.2 Å². The van der Waals surface area contributed by atoms with Crippen LogP contribution < -0.4 is 10.1 Å². The first kappa shape index (κ1) is 18.5. The average Bonchev–Trinajstić information content (AvgIpc) is 3.13. The average molecular weight is 393 g/mol. The van der Waals surface area contributed by atoms with E-state index in [2.05, 4.69) is 5.32 Å². The summed E-state index contributed by atoms with van der Waals surface area (Å²) in [5, 5.41) is 3.69. The number of nitrogens with zero attached hydrogens (tertiary/aromatic N) is 1. The molecule has 1 fully saturated rings. The Bertz CT molecular complexity index is 841. The summed E-state index contributed by atoms with van der Waals surface area (Å²) in [6.07, 6.45) is 1.33. The van der Waals surface area contributed by atoms with Gasteiger partial charge in [-0.1, -0.05) is 35.3 Å². The lowest BCUT2D eigenvalue weighted by Crippen LogP contribution is -2.43. The first-order chi connectivity index (χ1) is 12.5. The van der Waals surface area contributed by atoms with Crippen molar-refractivity contribution >= 4 is 40.7 Å². The van der Waals surface area contributed by atoms with Crippen molar-refractivity contribution in [2.45, 2.75) is 18.9 Å². The molecule has 1 unspecified atom stereocenters. The van der Waals surface area contributed by atoms with Crippen LogP contribution in [0.4, 0.5) is 5.69 Å². The number of benzene rings is 2. The monoisotopic (exact) mass is 392 g/mol. The largest absolute Gasteiger partial charge is 0.496 e. The van der Waals surface area contributed by atoms with Gasteiger partial charge in [-0.3, -0.25) is 9.59 Å². The maximum atomic E-state index is 13.0. The molecule has 0 spiro atoms. The zero-order valence-corrected chi connectivity index (χ0v) is 15.7. The summed E-state index contributed by atoms with van der Waals surface area (Å²) >= 11 is 12.1. The van der Waals surface area contributed by atoms with Crippen molar-refractivity contribution in [1.29, 1.82) is 0 Å². The molecule has 2 aromatic carbocycles. The molecule has 2 amide bonds. The molecule has 26 heavy (non-hydrogen) atoms. The van der Waals surface area contributed by atoms with Crippen molar-refractivity contribution in [3.8, 4) is 5.75 Å². The van der Waals surface area contributed by atoms with Crippen molar-refractivity contribution in [2.24, 2.45) is 0 Å². The van der Waals surface area contributed by atoms with Gasteiger partial charge in [-0.25, -0.2) is 0 Å². The zero-order chi connectivity index (χ0) is 18.7. The van der Waals surface area contributed by atoms with Crippen molar-refractivity contribution in [3.05, 3.63) is 58.1 Å². The summed E-state index contributed by atoms with van der Waals surface area (Å²) in [6, 6.07) is 11.3. The molecule has 1 saturated heterocycles. The van der Waals surface area contributed by atoms with E-state index in [1.165, 1.54) is 7.11 Å². The second-order valence-electron chi connectivity index (χ2n) is 5.97. The number of hydrogen-bond acceptors (Lipinski definition) is 3. The molecule has 0 aliphatic carbocycles. The minimum Gasteiger partial charge on any atom is -0.496 e. The fourth-order valence-electron chi connectivity index (χ4n) is 3.06. The highest BCUT2D eigenvalue weighted by Crippen LogP contribution is 2.29. The molecule has 1 N–H and O–H groups in total. The molecule has 7 heteroatoms. The molecule has 1 atom stereocenters. The molecular weight excluding hydrogens is 375 g/mol. The van der Waals surface area contributed by atoms with Gasteiger partial charge in [0.25, 0.3) is 5.91 Å². The van der Waals surface area contributed by atoms with Gasteiger partial charge in [0.15, 0.2) is 0 Å². The van der Waals surface area contributed by atoms with E-state index in [4.69, 9.17) is 27.9 Å². The number of para-hydroxylation sites is 1. The Hall–Kier alpha value is -2.24. The molecule has 5 nitrogen and oxygen atoms in total. The number of ether oxygens (including phenoxy) is 1. The summed E-state index contributed by atoms with van der Waals surface area (Å²) in [5.74, 6) is -0.109. The first-order valence-electron chi connectivity index (χ1n) is 8.21. The van der Waals surface area contributed by atoms with Crippen molar-refractivity contribution in [3.63, 3.8) is 0 Å². The second kappa shape index (κ2) is 7.98. The van der Waals surface area contributed by atoms with Crippen LogP contribution in [0, 0.1) is 0 Å². The quantitative estimate of drug-likeness (QED) is 0.845. The van der Waals surface area contributed by atoms with E-state index in [1.807, 2.05) is 0 Å². The van der Waals surface area contributed by atoms with Crippen LogP contribution in [-0.4, -0.2) is 36.4 Å². The van der Waals surface area contributed by atoms with Crippen LogP contribution in [0.15, 0.2) is 42.5 Å². The van der Waals surface area contributed by atoms with Crippen molar-refractivity contribution < 1.29 is 14.3 Å². The Labute approximate surface area is 161 Å². The number of hydrogen-bond donors (Lipinski definition) is 1. The number of carbonyl (C=O) groups is 2. The van der Waals surface area contributed by atoms with Gasteiger partial charge in [0.2, 0.25) is 5.91 Å². The maximum absolute atomic E-state index is 13.0. The smallest absolute Gasteiger partial charge is 0.258 e. The molecular formula is C19H18Cl2N2O3. The topological polar surface area (TPSA) is 58.6 Å². The third kappa shape index (κ3) is 3.79. The number of likely N-dealkylation sites (tertiary alicyclic amines) is 1. The standard InChI is InChI=1S/C19H18Cl2N2O3/c1-26-17-9-8-12(20)11-13(17)19(25)23-10-4-7-16(23)18(24)22-15-6-3-2-5-14(15)21/h2-3,5-6,8-9,11,16H,4,7,10H2,1H3,(H,22,24). The van der Waals surface area contributed by atoms with Gasteiger partial charge < -0.3 is 15.0 Å². The lowest BCUT2D eigenvalue weighted by molar-refractivity contribution is -0.119. The minimum atomic E-state index is -0.567. The van der Waals surface area contributed by atoms with Crippen LogP contribution in [0.3, 0.4) is 0 Å². The molecule has 1 heterocycles. The number of rotatable bonds is 4. The number of anilines is 1. The highest BCUT2D eigenvalue weighted by atomic mass is 35.5. The molecule has 1 aliphatic rings. The van der Waals surface area contributed by atoms with Crippen LogP contribution in [0.2, 0.25) is 10.0 Å². The minimum absolute atomic E-state index is 0.259. The van der Waals surface area contributed by atoms with Crippen LogP contribution in [-0.2, 0) is 4.79 Å². The second-order valence-corrected chi connectivity index (χ2v) is 6.81. The number of nitrogens with one attached hydrogen (secondary N) is 1. The van der Waals surface area contributed by atoms with Gasteiger partial charge in [-0.2, -0.15) is 0 Å². The summed E-state index contributed by atoms with van der Waals surface area (Å²) in [6.45, 7) is 0.495. The molecule has 2 aromatic rings. The summed E-state index contributed by atoms with van der Waals surface area (Å²) in [4.78, 5) is 27.3. The van der Waals surface area contributed by atoms with Crippen molar-refractivity contribution in [2.75, 3.05) is 19.0 Å². The van der Waals surface area contributed by atoms with E-state index in [0.29, 0.717) is 40.0 Å². The SMILES string of the molecule is COc1ccc(Cl)cc1C(=O)N1CCCC1C(=O)Nc1ccccc1Cl. The predicted octanol–water partition coefficient (Wildman–Crippen LogP) is 4.25. The summed E-state index contributed by atoms with van der Waals surface area (Å²) < 4.78 is 5.26. The predicted molar refractivity (Wildman–Crippen MR) is 102 cm³/mol. The van der Waals surface area contributed by atoms with Crippen LogP contribution in [0.1, 0.15) is 23.2 Å². The molecule has 0 saturated carbocycles. The highest BCUT2D eigenvalue weighted by molar-refractivity contribution is 6.33. The third-order valence-corrected chi connectivity index (χ3v) is 4.90. The van der Waals surface area contributed by atoms with Gasteiger partial charge in [0.05, 0.1) is 23.4 Å². The molecule has 0 bridgehead atoms. The summed E-state index contributed by atoms with van der Waals surface area (Å²) in [7, 11) is 1.49. The van der Waals surface area contributed by atoms with E-state index in [-0.39, 0.29) is 11.8 Å². The fourth-order valence-corrected chi connectivity index (χ4v) is 3.42. The Balaban J connectivity index is 1.82. The van der Waals surface area contributed by atoms with Crippen LogP contribution in [0.25, 0.3) is 0 Å². The molecule has 3 rings (SSSR count). The molecule has 1 aliphatic heterocycles. The first-order valence-corrected chi connectivity index (χ1v) is 8.96. The highest BCUT2D eigenvalue weighted by Gasteiger charge is 2.35. The van der Waals surface area contributed by atoms with Gasteiger partial charge in [0, 0.05) is 11.6 Å². The Kier molecular flexibility index (Phi) is 5.69. The Morgan fingerprint density at radius 1 is 1.19 bits per heavy atom. The number of halogens is 2. The van der Waals surface area contributed by atoms with Gasteiger partial charge >= 0.3 is 0 Å². The Morgan fingerprint density at radius 2 is 1.96 bits per heavy atom. The zero-order valence-electron chi connectivity index (χ0n) is 14.2. The van der Waals surface area contributed by atoms with E-state index < -0.39 is 6.04 Å². The summed E-state index contributed by atoms with van der Waals surface area (Å²) in [5.41, 5.74) is 0.872. The molecule has 0 radical (unpaired) electrons. The van der Waals surface area contributed by atoms with E-state index in [0.717, 1.165) is 6.42 Å². The normalized spacial score (nSPS) is 16.4. The van der Waals surface area contributed by atoms with Gasteiger partial charge in [-0.15, -0.1) is 0 Å². The molecule has 136 valence electrons. The number of amides is 2. The van der Waals surface area contributed by atoms with E-state index >= 15 is 0 Å². The van der Waals surface area contributed by atoms with E-state index in [1.54, 1.807) is 47.4 Å². The molecule has 0 aromatic heterocycles. The fraction of sp³-hybridized carbons (Fsp3) is 0.263. The lowest BCUT2D eigenvalue weighted by atomic mass is 10.1. The number of methoxy groups -OCH3 is 1. The lowest BCUT2D eigenvalue weighted by Gasteiger charge is -2.25. The van der Waals surface area contributed by atoms with Crippen molar-refractivity contribution in [1.82, 2.24) is 4.90 Å². The number of carbonyl (C=O) groups excluding carboxylic acids is 2. The van der Waals surface area contributed by atoms with Crippen LogP contribution >= 0.6 is 23.2 Å². The van der Waals surface area contributed by atoms with Crippen LogP contribution in [0.5, 0.6) is 5.75 Å². The maximum Gasteiger partial charge on any atom is 0.258 e. The Morgan fingerprint density at radius 3 is 2.69 bits per heavy atom.